The molecule has 0 saturated carbocycles. The molecular weight excluding hydrogens is 238 g/mol. The largest absolute Gasteiger partial charge is 0.481 e. The number of carbonyl (C=O) groups excluding carboxylic acids is 2. The van der Waals surface area contributed by atoms with Crippen LogP contribution in [0, 0.1) is 5.92 Å². The summed E-state index contributed by atoms with van der Waals surface area (Å²) in [6.07, 6.45) is 1.00. The lowest BCUT2D eigenvalue weighted by Gasteiger charge is -2.09. The van der Waals surface area contributed by atoms with Crippen molar-refractivity contribution in [1.82, 2.24) is 5.32 Å². The molecule has 2 N–H and O–H groups in total. The Labute approximate surface area is 105 Å². The Morgan fingerprint density at radius 3 is 2.61 bits per heavy atom. The highest BCUT2D eigenvalue weighted by Crippen LogP contribution is 2.17. The third-order valence-corrected chi connectivity index (χ3v) is 2.47. The number of aliphatic carboxylic acids is 1. The van der Waals surface area contributed by atoms with Crippen LogP contribution in [0.4, 0.5) is 0 Å². The second-order valence-electron chi connectivity index (χ2n) is 4.49. The molecule has 1 aliphatic heterocycles. The van der Waals surface area contributed by atoms with E-state index in [9.17, 15) is 14.4 Å². The number of hydrogen-bond donors (Lipinski definition) is 2. The van der Waals surface area contributed by atoms with Crippen molar-refractivity contribution in [2.75, 3.05) is 0 Å². The van der Waals surface area contributed by atoms with Crippen LogP contribution in [0.1, 0.15) is 33.1 Å². The maximum Gasteiger partial charge on any atom is 0.303 e. The summed E-state index contributed by atoms with van der Waals surface area (Å²) in [5.41, 5.74) is 0. The van der Waals surface area contributed by atoms with Crippen LogP contribution in [0.15, 0.2) is 12.0 Å². The predicted octanol–water partition coefficient (Wildman–Crippen LogP) is 0.823. The minimum Gasteiger partial charge on any atom is -0.481 e. The monoisotopic (exact) mass is 255 g/mol. The topological polar surface area (TPSA) is 92.7 Å². The van der Waals surface area contributed by atoms with Crippen molar-refractivity contribution >= 4 is 17.7 Å². The summed E-state index contributed by atoms with van der Waals surface area (Å²) in [5, 5.41) is 10.9. The van der Waals surface area contributed by atoms with Crippen molar-refractivity contribution in [3.05, 3.63) is 12.0 Å². The molecule has 1 amide bonds. The summed E-state index contributed by atoms with van der Waals surface area (Å²) in [7, 11) is 0. The fraction of sp³-hybridized carbons (Fsp3) is 0.583. The van der Waals surface area contributed by atoms with Crippen molar-refractivity contribution in [2.45, 2.75) is 39.2 Å². The minimum absolute atomic E-state index is 0.0259. The number of nitrogens with one attached hydrogen (secondary N) is 1. The molecular formula is C12H17NO5. The number of ketones is 1. The zero-order valence-corrected chi connectivity index (χ0v) is 10.4. The molecule has 6 nitrogen and oxygen atoms in total. The molecule has 0 aromatic heterocycles. The number of amides is 1. The number of ether oxygens (including phenoxy) is 1. The zero-order valence-electron chi connectivity index (χ0n) is 10.4. The Balaban J connectivity index is 2.45. The van der Waals surface area contributed by atoms with Crippen LogP contribution in [0.3, 0.4) is 0 Å². The van der Waals surface area contributed by atoms with Crippen LogP contribution >= 0.6 is 0 Å². The Morgan fingerprint density at radius 2 is 2.11 bits per heavy atom. The van der Waals surface area contributed by atoms with Gasteiger partial charge in [0.05, 0.1) is 0 Å². The first-order valence-electron chi connectivity index (χ1n) is 5.84. The molecule has 1 saturated heterocycles. The van der Waals surface area contributed by atoms with E-state index in [-0.39, 0.29) is 42.8 Å². The molecule has 0 spiro atoms. The molecule has 0 bridgehead atoms. The van der Waals surface area contributed by atoms with Crippen LogP contribution < -0.4 is 5.32 Å². The number of hydrogen-bond acceptors (Lipinski definition) is 4. The van der Waals surface area contributed by atoms with Crippen molar-refractivity contribution in [3.8, 4) is 0 Å². The van der Waals surface area contributed by atoms with Gasteiger partial charge in [0, 0.05) is 18.9 Å². The van der Waals surface area contributed by atoms with Gasteiger partial charge in [-0.3, -0.25) is 19.7 Å². The first-order valence-corrected chi connectivity index (χ1v) is 5.84. The summed E-state index contributed by atoms with van der Waals surface area (Å²) in [5.74, 6) is -1.26. The number of carbonyl (C=O) groups is 3. The third-order valence-electron chi connectivity index (χ3n) is 2.47. The molecule has 1 aliphatic rings. The highest BCUT2D eigenvalue weighted by atomic mass is 16.5. The van der Waals surface area contributed by atoms with Crippen LogP contribution in [0.25, 0.3) is 0 Å². The van der Waals surface area contributed by atoms with Gasteiger partial charge in [-0.2, -0.15) is 0 Å². The molecule has 1 fully saturated rings. The average Bonchev–Trinajstić information content (AvgIpc) is 2.58. The molecule has 0 aliphatic carbocycles. The van der Waals surface area contributed by atoms with Crippen molar-refractivity contribution in [2.24, 2.45) is 5.92 Å². The van der Waals surface area contributed by atoms with Gasteiger partial charge in [-0.25, -0.2) is 0 Å². The Bertz CT molecular complexity index is 386. The second-order valence-corrected chi connectivity index (χ2v) is 4.49. The van der Waals surface area contributed by atoms with Crippen LogP contribution in [-0.2, 0) is 19.1 Å². The van der Waals surface area contributed by atoms with E-state index >= 15 is 0 Å². The number of allylic oxidation sites excluding steroid dienone is 1. The van der Waals surface area contributed by atoms with Crippen LogP contribution in [0.5, 0.6) is 0 Å². The summed E-state index contributed by atoms with van der Waals surface area (Å²) >= 11 is 0. The van der Waals surface area contributed by atoms with E-state index in [4.69, 9.17) is 9.84 Å². The Hall–Kier alpha value is -1.85. The normalized spacial score (nSPS) is 20.9. The van der Waals surface area contributed by atoms with E-state index < -0.39 is 12.1 Å². The molecule has 0 aromatic carbocycles. The quantitative estimate of drug-likeness (QED) is 0.685. The van der Waals surface area contributed by atoms with Gasteiger partial charge < -0.3 is 9.84 Å². The van der Waals surface area contributed by atoms with Gasteiger partial charge in [-0.15, -0.1) is 0 Å². The Morgan fingerprint density at radius 1 is 1.44 bits per heavy atom. The smallest absolute Gasteiger partial charge is 0.303 e. The zero-order chi connectivity index (χ0) is 13.7. The molecule has 1 heterocycles. The molecule has 0 aromatic rings. The van der Waals surface area contributed by atoms with Crippen LogP contribution in [-0.4, -0.2) is 28.9 Å². The van der Waals surface area contributed by atoms with Crippen molar-refractivity contribution < 1.29 is 24.2 Å². The van der Waals surface area contributed by atoms with E-state index in [0.717, 1.165) is 0 Å². The van der Waals surface area contributed by atoms with Gasteiger partial charge in [0.1, 0.15) is 0 Å². The second kappa shape index (κ2) is 6.18. The first-order chi connectivity index (χ1) is 8.40. The van der Waals surface area contributed by atoms with E-state index in [1.165, 1.54) is 6.08 Å². The average molecular weight is 255 g/mol. The molecule has 0 unspecified atom stereocenters. The summed E-state index contributed by atoms with van der Waals surface area (Å²) in [4.78, 5) is 33.2. The fourth-order valence-corrected chi connectivity index (χ4v) is 1.55. The first kappa shape index (κ1) is 14.2. The molecule has 100 valence electrons. The molecule has 18 heavy (non-hydrogen) atoms. The maximum absolute atomic E-state index is 11.5. The van der Waals surface area contributed by atoms with Crippen molar-refractivity contribution in [1.29, 1.82) is 0 Å². The predicted molar refractivity (Wildman–Crippen MR) is 62.4 cm³/mol. The molecule has 1 rings (SSSR count). The van der Waals surface area contributed by atoms with Gasteiger partial charge in [-0.1, -0.05) is 13.8 Å². The number of carboxylic acids is 1. The number of rotatable bonds is 6. The lowest BCUT2D eigenvalue weighted by molar-refractivity contribution is -0.137. The van der Waals surface area contributed by atoms with Crippen molar-refractivity contribution in [3.63, 3.8) is 0 Å². The highest BCUT2D eigenvalue weighted by molar-refractivity contribution is 5.92. The lowest BCUT2D eigenvalue weighted by atomic mass is 10.1. The van der Waals surface area contributed by atoms with Gasteiger partial charge >= 0.3 is 5.97 Å². The van der Waals surface area contributed by atoms with Gasteiger partial charge in [0.15, 0.2) is 17.8 Å². The summed E-state index contributed by atoms with van der Waals surface area (Å²) in [6.45, 7) is 3.70. The molecule has 1 atom stereocenters. The summed E-state index contributed by atoms with van der Waals surface area (Å²) < 4.78 is 5.30. The molecule has 6 heteroatoms. The van der Waals surface area contributed by atoms with Gasteiger partial charge in [-0.05, 0) is 12.3 Å². The standard InChI is InChI=1S/C12H17NO5/c1-7(2)11-12(17)13-9(18-11)6-8(14)4-3-5-10(15)16/h6-7,11H,3-5H2,1-2H3,(H,13,17)(H,15,16)/b9-6+/t11-/m0/s1. The summed E-state index contributed by atoms with van der Waals surface area (Å²) in [6, 6.07) is 0. The van der Waals surface area contributed by atoms with Gasteiger partial charge in [0.2, 0.25) is 0 Å². The Kier molecular flexibility index (Phi) is 4.88. The fourth-order valence-electron chi connectivity index (χ4n) is 1.55. The van der Waals surface area contributed by atoms with E-state index in [2.05, 4.69) is 5.32 Å². The van der Waals surface area contributed by atoms with Crippen LogP contribution in [0.2, 0.25) is 0 Å². The van der Waals surface area contributed by atoms with Gasteiger partial charge in [0.25, 0.3) is 5.91 Å². The van der Waals surface area contributed by atoms with E-state index in [0.29, 0.717) is 0 Å². The van der Waals surface area contributed by atoms with E-state index in [1.807, 2.05) is 13.8 Å². The number of carboxylic acid groups (broad SMARTS) is 1. The third kappa shape index (κ3) is 4.20. The SMILES string of the molecule is CC(C)[C@@H]1O/C(=C/C(=O)CCCC(=O)O)NC1=O. The lowest BCUT2D eigenvalue weighted by Crippen LogP contribution is -2.27. The maximum atomic E-state index is 11.5. The highest BCUT2D eigenvalue weighted by Gasteiger charge is 2.32. The minimum atomic E-state index is -0.930. The van der Waals surface area contributed by atoms with E-state index in [1.54, 1.807) is 0 Å². The molecule has 0 radical (unpaired) electrons.